The lowest BCUT2D eigenvalue weighted by Gasteiger charge is -2.11. The van der Waals surface area contributed by atoms with E-state index in [0.717, 1.165) is 13.0 Å². The number of hydrogen-bond donors (Lipinski definition) is 1. The molecule has 0 atom stereocenters. The predicted molar refractivity (Wildman–Crippen MR) is 79.1 cm³/mol. The highest BCUT2D eigenvalue weighted by Gasteiger charge is 2.00. The van der Waals surface area contributed by atoms with Crippen molar-refractivity contribution in [3.63, 3.8) is 0 Å². The first-order valence-electron chi connectivity index (χ1n) is 6.58. The number of rotatable bonds is 4. The van der Waals surface area contributed by atoms with Gasteiger partial charge in [-0.15, -0.1) is 0 Å². The first-order valence-corrected chi connectivity index (χ1v) is 6.58. The number of anilines is 1. The Balaban J connectivity index is 2.04. The highest BCUT2D eigenvalue weighted by molar-refractivity contribution is 5.53. The summed E-state index contributed by atoms with van der Waals surface area (Å²) in [5.41, 5.74) is 6.62. The van der Waals surface area contributed by atoms with E-state index in [0.29, 0.717) is 0 Å². The third-order valence-electron chi connectivity index (χ3n) is 3.52. The van der Waals surface area contributed by atoms with E-state index in [4.69, 9.17) is 0 Å². The van der Waals surface area contributed by atoms with E-state index >= 15 is 0 Å². The van der Waals surface area contributed by atoms with Crippen LogP contribution in [0.4, 0.5) is 5.69 Å². The second-order valence-electron chi connectivity index (χ2n) is 4.77. The van der Waals surface area contributed by atoms with E-state index in [1.54, 1.807) is 0 Å². The monoisotopic (exact) mass is 239 g/mol. The molecule has 0 aliphatic carbocycles. The van der Waals surface area contributed by atoms with Crippen LogP contribution in [0.3, 0.4) is 0 Å². The summed E-state index contributed by atoms with van der Waals surface area (Å²) in [6.45, 7) is 7.38. The fraction of sp³-hybridized carbons (Fsp3) is 0.294. The van der Waals surface area contributed by atoms with Gasteiger partial charge in [0.15, 0.2) is 0 Å². The summed E-state index contributed by atoms with van der Waals surface area (Å²) < 4.78 is 0. The quantitative estimate of drug-likeness (QED) is 0.829. The van der Waals surface area contributed by atoms with Gasteiger partial charge in [-0.3, -0.25) is 0 Å². The molecule has 18 heavy (non-hydrogen) atoms. The van der Waals surface area contributed by atoms with Crippen LogP contribution in [0.25, 0.3) is 0 Å². The second-order valence-corrected chi connectivity index (χ2v) is 4.77. The Morgan fingerprint density at radius 1 is 0.889 bits per heavy atom. The molecule has 0 saturated heterocycles. The van der Waals surface area contributed by atoms with Gasteiger partial charge < -0.3 is 5.32 Å². The zero-order valence-electron chi connectivity index (χ0n) is 11.5. The van der Waals surface area contributed by atoms with Gasteiger partial charge in [-0.2, -0.15) is 0 Å². The van der Waals surface area contributed by atoms with Crippen molar-refractivity contribution in [1.82, 2.24) is 0 Å². The molecular formula is C17H21N. The minimum atomic E-state index is 0.883. The molecule has 94 valence electrons. The summed E-state index contributed by atoms with van der Waals surface area (Å²) in [4.78, 5) is 0. The largest absolute Gasteiger partial charge is 0.381 e. The fourth-order valence-electron chi connectivity index (χ4n) is 2.03. The molecular weight excluding hydrogens is 218 g/mol. The summed E-state index contributed by atoms with van der Waals surface area (Å²) >= 11 is 0. The molecule has 0 saturated carbocycles. The lowest BCUT2D eigenvalue weighted by Crippen LogP contribution is -2.01. The highest BCUT2D eigenvalue weighted by Crippen LogP contribution is 2.18. The van der Waals surface area contributed by atoms with Crippen LogP contribution in [-0.2, 0) is 13.0 Å². The van der Waals surface area contributed by atoms with Crippen LogP contribution in [0.1, 0.15) is 29.2 Å². The topological polar surface area (TPSA) is 12.0 Å². The summed E-state index contributed by atoms with van der Waals surface area (Å²) in [6, 6.07) is 15.2. The summed E-state index contributed by atoms with van der Waals surface area (Å²) in [7, 11) is 0. The second kappa shape index (κ2) is 5.72. The SMILES string of the molecule is CCc1ccc(CNc2cccc(C)c2C)cc1. The third-order valence-corrected chi connectivity index (χ3v) is 3.52. The van der Waals surface area contributed by atoms with Gasteiger partial charge in [0, 0.05) is 12.2 Å². The van der Waals surface area contributed by atoms with Crippen LogP contribution >= 0.6 is 0 Å². The van der Waals surface area contributed by atoms with Crippen molar-refractivity contribution in [2.45, 2.75) is 33.7 Å². The molecule has 0 aliphatic rings. The van der Waals surface area contributed by atoms with E-state index in [-0.39, 0.29) is 0 Å². The van der Waals surface area contributed by atoms with Gasteiger partial charge in [-0.05, 0) is 48.6 Å². The molecule has 0 heterocycles. The van der Waals surface area contributed by atoms with E-state index in [1.807, 2.05) is 0 Å². The van der Waals surface area contributed by atoms with Crippen LogP contribution in [0.5, 0.6) is 0 Å². The van der Waals surface area contributed by atoms with Gasteiger partial charge in [0.2, 0.25) is 0 Å². The Labute approximate surface area is 110 Å². The molecule has 0 aliphatic heterocycles. The summed E-state index contributed by atoms with van der Waals surface area (Å²) in [6.07, 6.45) is 1.10. The minimum absolute atomic E-state index is 0.883. The molecule has 2 aromatic carbocycles. The lowest BCUT2D eigenvalue weighted by molar-refractivity contribution is 1.10. The van der Waals surface area contributed by atoms with Crippen LogP contribution in [0, 0.1) is 13.8 Å². The maximum atomic E-state index is 3.51. The average Bonchev–Trinajstić information content (AvgIpc) is 2.41. The summed E-state index contributed by atoms with van der Waals surface area (Å²) in [5, 5.41) is 3.51. The Morgan fingerprint density at radius 2 is 1.56 bits per heavy atom. The van der Waals surface area contributed by atoms with Gasteiger partial charge >= 0.3 is 0 Å². The van der Waals surface area contributed by atoms with Gasteiger partial charge in [0.05, 0.1) is 0 Å². The molecule has 0 fully saturated rings. The number of aryl methyl sites for hydroxylation is 2. The predicted octanol–water partition coefficient (Wildman–Crippen LogP) is 4.48. The van der Waals surface area contributed by atoms with Crippen molar-refractivity contribution >= 4 is 5.69 Å². The molecule has 2 rings (SSSR count). The van der Waals surface area contributed by atoms with Crippen molar-refractivity contribution in [3.05, 3.63) is 64.7 Å². The van der Waals surface area contributed by atoms with Gasteiger partial charge in [0.25, 0.3) is 0 Å². The van der Waals surface area contributed by atoms with Crippen molar-refractivity contribution in [2.24, 2.45) is 0 Å². The van der Waals surface area contributed by atoms with Crippen molar-refractivity contribution < 1.29 is 0 Å². The minimum Gasteiger partial charge on any atom is -0.381 e. The number of hydrogen-bond acceptors (Lipinski definition) is 1. The van der Waals surface area contributed by atoms with Crippen LogP contribution in [0.15, 0.2) is 42.5 Å². The molecule has 0 aromatic heterocycles. The fourth-order valence-corrected chi connectivity index (χ4v) is 2.03. The third kappa shape index (κ3) is 2.92. The highest BCUT2D eigenvalue weighted by atomic mass is 14.9. The van der Waals surface area contributed by atoms with E-state index in [2.05, 4.69) is 68.6 Å². The van der Waals surface area contributed by atoms with Crippen LogP contribution in [0.2, 0.25) is 0 Å². The Kier molecular flexibility index (Phi) is 4.03. The molecule has 0 spiro atoms. The molecule has 0 amide bonds. The lowest BCUT2D eigenvalue weighted by atomic mass is 10.1. The smallest absolute Gasteiger partial charge is 0.0400 e. The summed E-state index contributed by atoms with van der Waals surface area (Å²) in [5.74, 6) is 0. The maximum absolute atomic E-state index is 3.51. The van der Waals surface area contributed by atoms with Crippen LogP contribution < -0.4 is 5.32 Å². The molecule has 1 heteroatoms. The normalized spacial score (nSPS) is 10.4. The van der Waals surface area contributed by atoms with Gasteiger partial charge in [-0.1, -0.05) is 43.3 Å². The van der Waals surface area contributed by atoms with E-state index in [9.17, 15) is 0 Å². The molecule has 1 N–H and O–H groups in total. The molecule has 1 nitrogen and oxygen atoms in total. The van der Waals surface area contributed by atoms with Crippen LogP contribution in [-0.4, -0.2) is 0 Å². The standard InChI is InChI=1S/C17H21N/c1-4-15-8-10-16(11-9-15)12-18-17-7-5-6-13(2)14(17)3/h5-11,18H,4,12H2,1-3H3. The Hall–Kier alpha value is -1.76. The molecule has 0 bridgehead atoms. The van der Waals surface area contributed by atoms with Gasteiger partial charge in [-0.25, -0.2) is 0 Å². The number of benzene rings is 2. The Bertz CT molecular complexity index is 512. The molecule has 0 unspecified atom stereocenters. The van der Waals surface area contributed by atoms with Crippen molar-refractivity contribution in [1.29, 1.82) is 0 Å². The molecule has 0 radical (unpaired) electrons. The average molecular weight is 239 g/mol. The van der Waals surface area contributed by atoms with Gasteiger partial charge in [0.1, 0.15) is 0 Å². The zero-order chi connectivity index (χ0) is 13.0. The first kappa shape index (κ1) is 12.7. The zero-order valence-corrected chi connectivity index (χ0v) is 11.5. The maximum Gasteiger partial charge on any atom is 0.0400 e. The van der Waals surface area contributed by atoms with Crippen molar-refractivity contribution in [3.8, 4) is 0 Å². The number of nitrogens with one attached hydrogen (secondary N) is 1. The first-order chi connectivity index (χ1) is 8.70. The Morgan fingerprint density at radius 3 is 2.22 bits per heavy atom. The van der Waals surface area contributed by atoms with Crippen molar-refractivity contribution in [2.75, 3.05) is 5.32 Å². The van der Waals surface area contributed by atoms with E-state index < -0.39 is 0 Å². The molecule has 2 aromatic rings. The van der Waals surface area contributed by atoms with E-state index in [1.165, 1.54) is 27.9 Å².